The highest BCUT2D eigenvalue weighted by Gasteiger charge is 2.40. The molecule has 3 aromatic rings. The summed E-state index contributed by atoms with van der Waals surface area (Å²) in [5.41, 5.74) is 4.04. The molecule has 0 atom stereocenters. The summed E-state index contributed by atoms with van der Waals surface area (Å²) in [5.74, 6) is 0.175. The van der Waals surface area contributed by atoms with E-state index in [0.717, 1.165) is 55.4 Å². The number of benzene rings is 2. The van der Waals surface area contributed by atoms with Crippen LogP contribution in [0, 0.1) is 12.7 Å². The molecule has 1 fully saturated rings. The van der Waals surface area contributed by atoms with Crippen molar-refractivity contribution in [2.45, 2.75) is 50.2 Å². The molecule has 1 saturated carbocycles. The number of nitrogens with zero attached hydrogens (tertiary/aromatic N) is 4. The van der Waals surface area contributed by atoms with Crippen molar-refractivity contribution in [3.05, 3.63) is 83.5 Å². The van der Waals surface area contributed by atoms with Crippen molar-refractivity contribution in [3.8, 4) is 11.4 Å². The summed E-state index contributed by atoms with van der Waals surface area (Å²) in [7, 11) is -2.28. The maximum atomic E-state index is 14.3. The van der Waals surface area contributed by atoms with Gasteiger partial charge in [0.15, 0.2) is 0 Å². The molecule has 190 valence electrons. The first-order valence-corrected chi connectivity index (χ1v) is 13.6. The van der Waals surface area contributed by atoms with E-state index in [1.807, 2.05) is 35.0 Å². The van der Waals surface area contributed by atoms with Crippen LogP contribution in [-0.2, 0) is 29.5 Å². The van der Waals surface area contributed by atoms with E-state index in [4.69, 9.17) is 9.84 Å². The van der Waals surface area contributed by atoms with Crippen LogP contribution in [0.2, 0.25) is 0 Å². The van der Waals surface area contributed by atoms with Gasteiger partial charge in [-0.25, -0.2) is 17.5 Å². The molecule has 1 aromatic heterocycles. The summed E-state index contributed by atoms with van der Waals surface area (Å²) in [6.07, 6.45) is 4.22. The van der Waals surface area contributed by atoms with E-state index < -0.39 is 15.8 Å². The van der Waals surface area contributed by atoms with Gasteiger partial charge in [-0.1, -0.05) is 24.3 Å². The van der Waals surface area contributed by atoms with Gasteiger partial charge in [-0.2, -0.15) is 9.40 Å². The van der Waals surface area contributed by atoms with Gasteiger partial charge in [-0.05, 0) is 49.6 Å². The Morgan fingerprint density at radius 3 is 2.72 bits per heavy atom. The average molecular weight is 511 g/mol. The molecular formula is C27H31FN4O3S. The lowest BCUT2D eigenvalue weighted by molar-refractivity contribution is 0.277. The second-order valence-corrected chi connectivity index (χ2v) is 11.3. The van der Waals surface area contributed by atoms with Gasteiger partial charge < -0.3 is 4.74 Å². The van der Waals surface area contributed by atoms with Gasteiger partial charge in [0.05, 0.1) is 29.9 Å². The maximum Gasteiger partial charge on any atom is 0.243 e. The van der Waals surface area contributed by atoms with Crippen LogP contribution in [0.3, 0.4) is 0 Å². The molecule has 1 aliphatic heterocycles. The smallest absolute Gasteiger partial charge is 0.243 e. The zero-order chi connectivity index (χ0) is 25.4. The number of sulfonamides is 1. The van der Waals surface area contributed by atoms with Crippen molar-refractivity contribution in [1.29, 1.82) is 0 Å². The summed E-state index contributed by atoms with van der Waals surface area (Å²) in [4.78, 5) is 2.25. The van der Waals surface area contributed by atoms with Gasteiger partial charge in [-0.15, -0.1) is 6.58 Å². The van der Waals surface area contributed by atoms with Gasteiger partial charge in [0.25, 0.3) is 0 Å². The van der Waals surface area contributed by atoms with Crippen LogP contribution in [0.25, 0.3) is 5.69 Å². The van der Waals surface area contributed by atoms with Crippen molar-refractivity contribution >= 4 is 10.0 Å². The fourth-order valence-electron chi connectivity index (χ4n) is 4.80. The minimum absolute atomic E-state index is 0.0242. The van der Waals surface area contributed by atoms with Gasteiger partial charge in [-0.3, -0.25) is 4.90 Å². The first-order valence-electron chi connectivity index (χ1n) is 12.2. The number of aromatic nitrogens is 2. The average Bonchev–Trinajstić information content (AvgIpc) is 3.65. The lowest BCUT2D eigenvalue weighted by Crippen LogP contribution is -2.34. The first-order chi connectivity index (χ1) is 17.3. The lowest BCUT2D eigenvalue weighted by Gasteiger charge is -2.27. The van der Waals surface area contributed by atoms with E-state index >= 15 is 0 Å². The van der Waals surface area contributed by atoms with Crippen LogP contribution in [-0.4, -0.2) is 53.6 Å². The molecule has 0 spiro atoms. The van der Waals surface area contributed by atoms with Gasteiger partial charge in [0, 0.05) is 37.7 Å². The first kappa shape index (κ1) is 24.7. The summed E-state index contributed by atoms with van der Waals surface area (Å²) in [6.45, 7) is 7.88. The minimum atomic E-state index is -3.90. The molecular weight excluding hydrogens is 479 g/mol. The summed E-state index contributed by atoms with van der Waals surface area (Å²) in [5, 5.41) is 4.96. The number of fused-ring (bicyclic) bond motifs is 1. The number of rotatable bonds is 9. The molecule has 2 heterocycles. The highest BCUT2D eigenvalue weighted by atomic mass is 32.2. The van der Waals surface area contributed by atoms with Crippen LogP contribution in [0.1, 0.15) is 35.4 Å². The third-order valence-corrected chi connectivity index (χ3v) is 8.82. The maximum absolute atomic E-state index is 14.3. The monoisotopic (exact) mass is 510 g/mol. The van der Waals surface area contributed by atoms with E-state index in [9.17, 15) is 12.8 Å². The van der Waals surface area contributed by atoms with Crippen molar-refractivity contribution < 1.29 is 17.5 Å². The SMILES string of the molecule is C=CCN1CCc2c(c(CN(C3CC3)S(=O)(=O)c3ccc(C)c(F)c3)nn2-c2ccccc2OC)C1. The van der Waals surface area contributed by atoms with E-state index in [1.54, 1.807) is 14.0 Å². The minimum Gasteiger partial charge on any atom is -0.494 e. The van der Waals surface area contributed by atoms with E-state index in [1.165, 1.54) is 16.4 Å². The number of hydrogen-bond acceptors (Lipinski definition) is 5. The quantitative estimate of drug-likeness (QED) is 0.403. The van der Waals surface area contributed by atoms with Crippen LogP contribution < -0.4 is 4.74 Å². The third-order valence-electron chi connectivity index (χ3n) is 6.93. The normalized spacial score (nSPS) is 16.2. The standard InChI is InChI=1S/C27H31FN4O3S/c1-4-14-30-15-13-25-22(17-30)24(29-32(25)26-7-5-6-8-27(26)35-3)18-31(20-10-11-20)36(33,34)21-12-9-19(2)23(28)16-21/h4-9,12,16,20H,1,10-11,13-15,17-18H2,2-3H3. The molecule has 2 aliphatic rings. The summed E-state index contributed by atoms with van der Waals surface area (Å²) >= 11 is 0. The zero-order valence-electron chi connectivity index (χ0n) is 20.7. The molecule has 0 amide bonds. The Hall–Kier alpha value is -3.01. The Morgan fingerprint density at radius 1 is 1.25 bits per heavy atom. The Bertz CT molecular complexity index is 1400. The van der Waals surface area contributed by atoms with Gasteiger partial charge in [0.2, 0.25) is 10.0 Å². The topological polar surface area (TPSA) is 67.7 Å². The van der Waals surface area contributed by atoms with Crippen molar-refractivity contribution in [2.24, 2.45) is 0 Å². The molecule has 0 N–H and O–H groups in total. The highest BCUT2D eigenvalue weighted by Crippen LogP contribution is 2.36. The molecule has 0 unspecified atom stereocenters. The Kier molecular flexibility index (Phi) is 6.72. The Balaban J connectivity index is 1.58. The molecule has 0 radical (unpaired) electrons. The van der Waals surface area contributed by atoms with Crippen molar-refractivity contribution in [2.75, 3.05) is 20.2 Å². The predicted octanol–water partition coefficient (Wildman–Crippen LogP) is 4.23. The highest BCUT2D eigenvalue weighted by molar-refractivity contribution is 7.89. The largest absolute Gasteiger partial charge is 0.494 e. The lowest BCUT2D eigenvalue weighted by atomic mass is 10.0. The number of ether oxygens (including phenoxy) is 1. The Labute approximate surface area is 211 Å². The van der Waals surface area contributed by atoms with Gasteiger partial charge in [0.1, 0.15) is 17.3 Å². The molecule has 9 heteroatoms. The number of methoxy groups -OCH3 is 1. The van der Waals surface area contributed by atoms with Crippen molar-refractivity contribution in [1.82, 2.24) is 19.0 Å². The molecule has 5 rings (SSSR count). The number of halogens is 1. The second-order valence-electron chi connectivity index (χ2n) is 9.42. The van der Waals surface area contributed by atoms with E-state index in [0.29, 0.717) is 23.6 Å². The molecule has 0 bridgehead atoms. The van der Waals surface area contributed by atoms with Crippen molar-refractivity contribution in [3.63, 3.8) is 0 Å². The fraction of sp³-hybridized carbons (Fsp3) is 0.370. The van der Waals surface area contributed by atoms with E-state index in [-0.39, 0.29) is 17.5 Å². The fourth-order valence-corrected chi connectivity index (χ4v) is 6.46. The van der Waals surface area contributed by atoms with E-state index in [2.05, 4.69) is 11.5 Å². The van der Waals surface area contributed by atoms with Crippen LogP contribution in [0.15, 0.2) is 60.0 Å². The predicted molar refractivity (Wildman–Crippen MR) is 136 cm³/mol. The second kappa shape index (κ2) is 9.80. The zero-order valence-corrected chi connectivity index (χ0v) is 21.5. The van der Waals surface area contributed by atoms with Crippen LogP contribution >= 0.6 is 0 Å². The number of aryl methyl sites for hydroxylation is 1. The van der Waals surface area contributed by atoms with Crippen LogP contribution in [0.4, 0.5) is 4.39 Å². The Morgan fingerprint density at radius 2 is 2.03 bits per heavy atom. The molecule has 36 heavy (non-hydrogen) atoms. The third kappa shape index (κ3) is 4.58. The van der Waals surface area contributed by atoms with Gasteiger partial charge >= 0.3 is 0 Å². The number of hydrogen-bond donors (Lipinski definition) is 0. The van der Waals surface area contributed by atoms with Crippen LogP contribution in [0.5, 0.6) is 5.75 Å². The molecule has 0 saturated heterocycles. The summed E-state index contributed by atoms with van der Waals surface area (Å²) < 4.78 is 50.6. The molecule has 1 aliphatic carbocycles. The molecule has 7 nitrogen and oxygen atoms in total. The summed E-state index contributed by atoms with van der Waals surface area (Å²) in [6, 6.07) is 11.7. The number of para-hydroxylation sites is 2. The molecule has 2 aromatic carbocycles.